The Morgan fingerprint density at radius 2 is 1.83 bits per heavy atom. The van der Waals surface area contributed by atoms with Crippen LogP contribution in [0.2, 0.25) is 0 Å². The maximum absolute atomic E-state index is 13.4. The van der Waals surface area contributed by atoms with Gasteiger partial charge in [-0.25, -0.2) is 9.36 Å². The number of carboxylic acid groups (broad SMARTS) is 1. The van der Waals surface area contributed by atoms with Crippen molar-refractivity contribution in [1.82, 2.24) is 14.1 Å². The number of benzene rings is 1. The second-order valence-electron chi connectivity index (χ2n) is 10.5. The lowest BCUT2D eigenvalue weighted by molar-refractivity contribution is -0.254. The summed E-state index contributed by atoms with van der Waals surface area (Å²) in [7, 11) is 0.238. The van der Waals surface area contributed by atoms with E-state index in [1.165, 1.54) is 11.6 Å². The van der Waals surface area contributed by atoms with Gasteiger partial charge in [0.2, 0.25) is 0 Å². The summed E-state index contributed by atoms with van der Waals surface area (Å²) in [5.41, 5.74) is 0.295. The van der Waals surface area contributed by atoms with Gasteiger partial charge in [0.05, 0.1) is 17.0 Å². The summed E-state index contributed by atoms with van der Waals surface area (Å²) in [6.07, 6.45) is -1.35. The molecule has 3 heterocycles. The number of aromatic carboxylic acids is 1. The number of aliphatic hydroxyl groups is 1. The SMILES string of the molecule is Cc1cc(C(O)c2c(C(=O)[O-])c3c(=O)n(C)c(=O)n(CC(C)C)c3[s+]2C(C)(C)C)c2ccccc2n1. The molecule has 0 saturated heterocycles. The van der Waals surface area contributed by atoms with Crippen molar-refractivity contribution in [1.29, 1.82) is 0 Å². The largest absolute Gasteiger partial charge is 0.545 e. The van der Waals surface area contributed by atoms with Crippen molar-refractivity contribution < 1.29 is 15.0 Å². The van der Waals surface area contributed by atoms with Crippen LogP contribution in [0.15, 0.2) is 39.9 Å². The molecular formula is C27H31N3O5S. The Bertz CT molecular complexity index is 1640. The average molecular weight is 510 g/mol. The zero-order chi connectivity index (χ0) is 26.7. The number of carbonyl (C=O) groups is 1. The summed E-state index contributed by atoms with van der Waals surface area (Å²) in [5.74, 6) is -1.49. The molecule has 0 aliphatic heterocycles. The molecule has 0 bridgehead atoms. The summed E-state index contributed by atoms with van der Waals surface area (Å²) in [6.45, 7) is 11.8. The fourth-order valence-electron chi connectivity index (χ4n) is 4.81. The topological polar surface area (TPSA) is 117 Å². The third-order valence-corrected chi connectivity index (χ3v) is 9.09. The normalized spacial score (nSPS) is 13.6. The van der Waals surface area contributed by atoms with Crippen LogP contribution >= 0.6 is 10.5 Å². The molecule has 0 aliphatic rings. The van der Waals surface area contributed by atoms with E-state index >= 15 is 0 Å². The number of hydrogen-bond acceptors (Lipinski definition) is 6. The number of aromatic nitrogens is 3. The standard InChI is InChI=1S/C27H31N3O5S/c1-14(2)13-30-24-20(23(32)29(7)26(30)35)19(25(33)34)22(36(24)27(4,5)6)21(31)17-12-15(3)28-18-11-9-8-10-16(17)18/h8-12,14,21,31H,13H2,1-7H3. The molecule has 0 spiro atoms. The lowest BCUT2D eigenvalue weighted by Crippen LogP contribution is -2.39. The van der Waals surface area contributed by atoms with Gasteiger partial charge in [0.1, 0.15) is 10.1 Å². The van der Waals surface area contributed by atoms with Crippen LogP contribution in [-0.2, 0) is 18.3 Å². The Morgan fingerprint density at radius 3 is 2.42 bits per heavy atom. The smallest absolute Gasteiger partial charge is 0.334 e. The fourth-order valence-corrected chi connectivity index (χ4v) is 7.76. The molecule has 0 fully saturated rings. The lowest BCUT2D eigenvalue weighted by atomic mass is 9.99. The van der Waals surface area contributed by atoms with Crippen molar-refractivity contribution >= 4 is 37.6 Å². The Kier molecular flexibility index (Phi) is 6.43. The predicted octanol–water partition coefficient (Wildman–Crippen LogP) is 3.16. The number of nitrogens with zero attached hydrogens (tertiary/aromatic N) is 3. The first kappa shape index (κ1) is 25.8. The highest BCUT2D eigenvalue weighted by atomic mass is 32.2. The highest BCUT2D eigenvalue weighted by Gasteiger charge is 2.44. The minimum absolute atomic E-state index is 0.0573. The third-order valence-electron chi connectivity index (χ3n) is 6.19. The molecule has 8 nitrogen and oxygen atoms in total. The summed E-state index contributed by atoms with van der Waals surface area (Å²) in [5, 5.41) is 25.2. The number of aliphatic hydroxyl groups excluding tert-OH is 1. The second kappa shape index (κ2) is 8.97. The maximum Gasteiger partial charge on any atom is 0.334 e. The van der Waals surface area contributed by atoms with Gasteiger partial charge in [-0.3, -0.25) is 14.3 Å². The van der Waals surface area contributed by atoms with E-state index in [2.05, 4.69) is 4.98 Å². The van der Waals surface area contributed by atoms with Gasteiger partial charge in [-0.05, 0) is 45.7 Å². The molecule has 36 heavy (non-hydrogen) atoms. The summed E-state index contributed by atoms with van der Waals surface area (Å²) in [4.78, 5) is 44.4. The molecule has 0 radical (unpaired) electrons. The molecular weight excluding hydrogens is 478 g/mol. The molecule has 0 amide bonds. The van der Waals surface area contributed by atoms with Crippen molar-refractivity contribution in [3.8, 4) is 0 Å². The molecule has 2 unspecified atom stereocenters. The minimum atomic E-state index is -1.55. The fraction of sp³-hybridized carbons (Fsp3) is 0.407. The van der Waals surface area contributed by atoms with Crippen LogP contribution in [-0.4, -0.2) is 25.2 Å². The zero-order valence-electron chi connectivity index (χ0n) is 21.6. The van der Waals surface area contributed by atoms with Crippen LogP contribution in [0, 0.1) is 12.8 Å². The van der Waals surface area contributed by atoms with Crippen LogP contribution in [0.25, 0.3) is 21.1 Å². The van der Waals surface area contributed by atoms with Crippen LogP contribution in [0.3, 0.4) is 0 Å². The summed E-state index contributed by atoms with van der Waals surface area (Å²) < 4.78 is 1.83. The molecule has 3 aromatic heterocycles. The first-order valence-corrected chi connectivity index (χ1v) is 13.1. The van der Waals surface area contributed by atoms with Gasteiger partial charge in [0.15, 0.2) is 11.0 Å². The van der Waals surface area contributed by atoms with Crippen LogP contribution in [0.5, 0.6) is 0 Å². The van der Waals surface area contributed by atoms with Gasteiger partial charge in [-0.1, -0.05) is 32.0 Å². The van der Waals surface area contributed by atoms with E-state index < -0.39 is 38.5 Å². The van der Waals surface area contributed by atoms with Crippen molar-refractivity contribution in [3.05, 3.63) is 72.9 Å². The Morgan fingerprint density at radius 1 is 1.19 bits per heavy atom. The number of carboxylic acids is 1. The molecule has 0 aliphatic carbocycles. The number of fused-ring (bicyclic) bond motifs is 2. The van der Waals surface area contributed by atoms with Gasteiger partial charge < -0.3 is 15.0 Å². The number of para-hydroxylation sites is 1. The molecule has 4 aromatic rings. The van der Waals surface area contributed by atoms with Crippen LogP contribution in [0.1, 0.15) is 67.2 Å². The molecule has 1 N–H and O–H groups in total. The number of aryl methyl sites for hydroxylation is 1. The van der Waals surface area contributed by atoms with E-state index in [1.807, 2.05) is 58.9 Å². The van der Waals surface area contributed by atoms with Gasteiger partial charge in [0.25, 0.3) is 10.4 Å². The first-order valence-electron chi connectivity index (χ1n) is 11.8. The maximum atomic E-state index is 13.4. The quantitative estimate of drug-likeness (QED) is 0.413. The molecule has 0 saturated carbocycles. The number of rotatable bonds is 5. The minimum Gasteiger partial charge on any atom is -0.545 e. The predicted molar refractivity (Wildman–Crippen MR) is 141 cm³/mol. The van der Waals surface area contributed by atoms with Crippen molar-refractivity contribution in [2.45, 2.75) is 58.9 Å². The average Bonchev–Trinajstić information content (AvgIpc) is 3.16. The monoisotopic (exact) mass is 509 g/mol. The van der Waals surface area contributed by atoms with Crippen molar-refractivity contribution in [2.75, 3.05) is 0 Å². The number of thiophene rings is 1. The number of carbonyl (C=O) groups excluding carboxylic acids is 1. The summed E-state index contributed by atoms with van der Waals surface area (Å²) in [6, 6.07) is 9.06. The van der Waals surface area contributed by atoms with Gasteiger partial charge in [0, 0.05) is 40.7 Å². The Balaban J connectivity index is 2.27. The molecule has 4 rings (SSSR count). The van der Waals surface area contributed by atoms with Crippen molar-refractivity contribution in [2.24, 2.45) is 13.0 Å². The summed E-state index contributed by atoms with van der Waals surface area (Å²) >= 11 is 0. The Labute approximate surface area is 211 Å². The number of pyridine rings is 1. The van der Waals surface area contributed by atoms with E-state index in [0.29, 0.717) is 33.5 Å². The van der Waals surface area contributed by atoms with E-state index in [-0.39, 0.29) is 21.7 Å². The van der Waals surface area contributed by atoms with Gasteiger partial charge >= 0.3 is 5.69 Å². The zero-order valence-corrected chi connectivity index (χ0v) is 22.4. The van der Waals surface area contributed by atoms with Crippen LogP contribution < -0.4 is 16.4 Å². The van der Waals surface area contributed by atoms with E-state index in [0.717, 1.165) is 4.57 Å². The van der Waals surface area contributed by atoms with Crippen molar-refractivity contribution in [3.63, 3.8) is 0 Å². The lowest BCUT2D eigenvalue weighted by Gasteiger charge is -2.19. The molecule has 190 valence electrons. The van der Waals surface area contributed by atoms with E-state index in [1.54, 1.807) is 13.0 Å². The molecule has 9 heteroatoms. The van der Waals surface area contributed by atoms with Gasteiger partial charge in [-0.15, -0.1) is 0 Å². The molecule has 2 atom stereocenters. The highest BCUT2D eigenvalue weighted by Crippen LogP contribution is 2.52. The van der Waals surface area contributed by atoms with Crippen LogP contribution in [0.4, 0.5) is 0 Å². The number of hydrogen-bond donors (Lipinski definition) is 1. The third kappa shape index (κ3) is 4.06. The Hall–Kier alpha value is -3.30. The molecule has 1 aromatic carbocycles. The van der Waals surface area contributed by atoms with Gasteiger partial charge in [-0.2, -0.15) is 0 Å². The highest BCUT2D eigenvalue weighted by molar-refractivity contribution is 7.39. The second-order valence-corrected chi connectivity index (χ2v) is 13.2. The van der Waals surface area contributed by atoms with E-state index in [4.69, 9.17) is 0 Å². The first-order chi connectivity index (χ1) is 16.8. The van der Waals surface area contributed by atoms with E-state index in [9.17, 15) is 24.6 Å².